The van der Waals surface area contributed by atoms with E-state index in [4.69, 9.17) is 9.47 Å². The highest BCUT2D eigenvalue weighted by Gasteiger charge is 2.31. The third-order valence-corrected chi connectivity index (χ3v) is 6.06. The normalized spacial score (nSPS) is 20.2. The summed E-state index contributed by atoms with van der Waals surface area (Å²) in [6.45, 7) is 0.147. The molecular formula is C17H15NO5S. The van der Waals surface area contributed by atoms with Gasteiger partial charge in [0.2, 0.25) is 6.79 Å². The Kier molecular flexibility index (Phi) is 3.45. The summed E-state index contributed by atoms with van der Waals surface area (Å²) >= 11 is 0. The van der Waals surface area contributed by atoms with Crippen molar-refractivity contribution in [1.29, 1.82) is 0 Å². The third kappa shape index (κ3) is 2.50. The number of benzene rings is 2. The van der Waals surface area contributed by atoms with E-state index in [0.29, 0.717) is 33.9 Å². The number of sulfone groups is 1. The van der Waals surface area contributed by atoms with Crippen LogP contribution in [0.4, 0.5) is 0 Å². The molecule has 7 heteroatoms. The van der Waals surface area contributed by atoms with E-state index in [1.807, 2.05) is 0 Å². The molecule has 24 heavy (non-hydrogen) atoms. The van der Waals surface area contributed by atoms with Crippen LogP contribution >= 0.6 is 0 Å². The average Bonchev–Trinajstić information content (AvgIpc) is 3.05. The van der Waals surface area contributed by atoms with Crippen molar-refractivity contribution in [3.8, 4) is 11.5 Å². The Bertz CT molecular complexity index is 922. The van der Waals surface area contributed by atoms with E-state index in [2.05, 4.69) is 5.32 Å². The van der Waals surface area contributed by atoms with Crippen LogP contribution in [0.5, 0.6) is 11.5 Å². The summed E-state index contributed by atoms with van der Waals surface area (Å²) in [5.41, 5.74) is 1.09. The Morgan fingerprint density at radius 2 is 1.88 bits per heavy atom. The molecule has 124 valence electrons. The molecule has 0 aromatic heterocycles. The first-order chi connectivity index (χ1) is 11.5. The fourth-order valence-electron chi connectivity index (χ4n) is 3.02. The fraction of sp³-hybridized carbons (Fsp3) is 0.235. The Labute approximate surface area is 139 Å². The maximum Gasteiger partial charge on any atom is 0.251 e. The average molecular weight is 345 g/mol. The quantitative estimate of drug-likeness (QED) is 0.901. The van der Waals surface area contributed by atoms with Gasteiger partial charge in [0.25, 0.3) is 5.91 Å². The van der Waals surface area contributed by atoms with E-state index in [1.165, 1.54) is 0 Å². The first-order valence-electron chi connectivity index (χ1n) is 7.57. The zero-order valence-electron chi connectivity index (χ0n) is 12.7. The van der Waals surface area contributed by atoms with Gasteiger partial charge in [0.05, 0.1) is 16.7 Å². The molecule has 0 bridgehead atoms. The van der Waals surface area contributed by atoms with Crippen LogP contribution in [0.15, 0.2) is 47.4 Å². The second-order valence-corrected chi connectivity index (χ2v) is 7.82. The number of rotatable bonds is 2. The summed E-state index contributed by atoms with van der Waals surface area (Å²) in [6, 6.07) is 11.5. The van der Waals surface area contributed by atoms with Gasteiger partial charge in [0.15, 0.2) is 21.3 Å². The standard InChI is InChI=1S/C17H15NO5S/c19-17(11-5-6-14-15(9-11)23-10-22-14)18-13-7-8-24(20,21)16-4-2-1-3-12(13)16/h1-6,9,13H,7-8,10H2,(H,18,19). The summed E-state index contributed by atoms with van der Waals surface area (Å²) in [6.07, 6.45) is 0.357. The summed E-state index contributed by atoms with van der Waals surface area (Å²) in [7, 11) is -3.27. The predicted molar refractivity (Wildman–Crippen MR) is 85.9 cm³/mol. The largest absolute Gasteiger partial charge is 0.454 e. The molecule has 1 atom stereocenters. The second kappa shape index (κ2) is 5.52. The molecule has 1 amide bonds. The molecule has 0 radical (unpaired) electrons. The Morgan fingerprint density at radius 1 is 1.08 bits per heavy atom. The molecule has 0 fully saturated rings. The van der Waals surface area contributed by atoms with Crippen LogP contribution < -0.4 is 14.8 Å². The monoisotopic (exact) mass is 345 g/mol. The molecule has 2 aromatic rings. The first-order valence-corrected chi connectivity index (χ1v) is 9.22. The number of hydrogen-bond acceptors (Lipinski definition) is 5. The summed E-state index contributed by atoms with van der Waals surface area (Å²) in [4.78, 5) is 12.8. The molecule has 0 spiro atoms. The SMILES string of the molecule is O=C(NC1CCS(=O)(=O)c2ccccc21)c1ccc2c(c1)OCO2. The summed E-state index contributed by atoms with van der Waals surface area (Å²) < 4.78 is 34.8. The van der Waals surface area contributed by atoms with Gasteiger partial charge in [-0.3, -0.25) is 4.79 Å². The lowest BCUT2D eigenvalue weighted by atomic mass is 10.0. The number of fused-ring (bicyclic) bond motifs is 2. The van der Waals surface area contributed by atoms with Crippen LogP contribution in [0.25, 0.3) is 0 Å². The van der Waals surface area contributed by atoms with Crippen molar-refractivity contribution in [1.82, 2.24) is 5.32 Å². The van der Waals surface area contributed by atoms with Gasteiger partial charge in [0, 0.05) is 5.56 Å². The molecule has 4 rings (SSSR count). The van der Waals surface area contributed by atoms with E-state index in [-0.39, 0.29) is 24.5 Å². The molecule has 0 saturated carbocycles. The minimum Gasteiger partial charge on any atom is -0.454 e. The van der Waals surface area contributed by atoms with Gasteiger partial charge in [-0.2, -0.15) is 0 Å². The lowest BCUT2D eigenvalue weighted by molar-refractivity contribution is 0.0934. The van der Waals surface area contributed by atoms with Crippen molar-refractivity contribution in [3.63, 3.8) is 0 Å². The van der Waals surface area contributed by atoms with Crippen LogP contribution in [0.1, 0.15) is 28.4 Å². The molecule has 6 nitrogen and oxygen atoms in total. The highest BCUT2D eigenvalue weighted by atomic mass is 32.2. The van der Waals surface area contributed by atoms with Crippen LogP contribution in [0.3, 0.4) is 0 Å². The van der Waals surface area contributed by atoms with Gasteiger partial charge in [-0.15, -0.1) is 0 Å². The zero-order valence-corrected chi connectivity index (χ0v) is 13.5. The van der Waals surface area contributed by atoms with E-state index in [1.54, 1.807) is 42.5 Å². The molecule has 0 saturated heterocycles. The number of hydrogen-bond donors (Lipinski definition) is 1. The number of ether oxygens (including phenoxy) is 2. The Morgan fingerprint density at radius 3 is 2.75 bits per heavy atom. The van der Waals surface area contributed by atoms with Crippen molar-refractivity contribution in [2.75, 3.05) is 12.5 Å². The minimum absolute atomic E-state index is 0.0239. The molecule has 2 aliphatic rings. The third-order valence-electron chi connectivity index (χ3n) is 4.24. The number of nitrogens with one attached hydrogen (secondary N) is 1. The minimum atomic E-state index is -3.27. The van der Waals surface area contributed by atoms with Crippen molar-refractivity contribution >= 4 is 15.7 Å². The van der Waals surface area contributed by atoms with Gasteiger partial charge in [-0.05, 0) is 36.2 Å². The first kappa shape index (κ1) is 15.0. The lowest BCUT2D eigenvalue weighted by Gasteiger charge is -2.26. The molecule has 2 aliphatic heterocycles. The van der Waals surface area contributed by atoms with E-state index < -0.39 is 9.84 Å². The molecule has 0 aliphatic carbocycles. The second-order valence-electron chi connectivity index (χ2n) is 5.74. The van der Waals surface area contributed by atoms with Gasteiger partial charge in [-0.25, -0.2) is 8.42 Å². The van der Waals surface area contributed by atoms with Crippen molar-refractivity contribution in [3.05, 3.63) is 53.6 Å². The van der Waals surface area contributed by atoms with Gasteiger partial charge >= 0.3 is 0 Å². The Hall–Kier alpha value is -2.54. The van der Waals surface area contributed by atoms with Crippen molar-refractivity contribution in [2.24, 2.45) is 0 Å². The van der Waals surface area contributed by atoms with E-state index in [9.17, 15) is 13.2 Å². The maximum atomic E-state index is 12.5. The van der Waals surface area contributed by atoms with Crippen LogP contribution in [-0.4, -0.2) is 26.9 Å². The smallest absolute Gasteiger partial charge is 0.251 e. The molecular weight excluding hydrogens is 330 g/mol. The summed E-state index contributed by atoms with van der Waals surface area (Å²) in [5, 5.41) is 2.92. The molecule has 1 N–H and O–H groups in total. The van der Waals surface area contributed by atoms with Crippen LogP contribution in [0.2, 0.25) is 0 Å². The van der Waals surface area contributed by atoms with Crippen LogP contribution in [0, 0.1) is 0 Å². The lowest BCUT2D eigenvalue weighted by Crippen LogP contribution is -2.33. The number of amides is 1. The Balaban J connectivity index is 1.61. The van der Waals surface area contributed by atoms with Crippen molar-refractivity contribution in [2.45, 2.75) is 17.4 Å². The maximum absolute atomic E-state index is 12.5. The van der Waals surface area contributed by atoms with Gasteiger partial charge < -0.3 is 14.8 Å². The predicted octanol–water partition coefficient (Wildman–Crippen LogP) is 2.06. The number of carbonyl (C=O) groups excluding carboxylic acids is 1. The van der Waals surface area contributed by atoms with E-state index in [0.717, 1.165) is 0 Å². The molecule has 2 heterocycles. The number of carbonyl (C=O) groups is 1. The highest BCUT2D eigenvalue weighted by molar-refractivity contribution is 7.91. The fourth-order valence-corrected chi connectivity index (χ4v) is 4.64. The van der Waals surface area contributed by atoms with Gasteiger partial charge in [-0.1, -0.05) is 18.2 Å². The van der Waals surface area contributed by atoms with E-state index >= 15 is 0 Å². The molecule has 1 unspecified atom stereocenters. The topological polar surface area (TPSA) is 81.7 Å². The molecule has 2 aromatic carbocycles. The zero-order chi connectivity index (χ0) is 16.7. The van der Waals surface area contributed by atoms with Crippen molar-refractivity contribution < 1.29 is 22.7 Å². The highest BCUT2D eigenvalue weighted by Crippen LogP contribution is 2.34. The summed E-state index contributed by atoms with van der Waals surface area (Å²) in [5.74, 6) is 0.901. The van der Waals surface area contributed by atoms with Gasteiger partial charge in [0.1, 0.15) is 0 Å². The van der Waals surface area contributed by atoms with Crippen LogP contribution in [-0.2, 0) is 9.84 Å².